The molecule has 0 fully saturated rings. The highest BCUT2D eigenvalue weighted by atomic mass is 32.2. The third-order valence-electron chi connectivity index (χ3n) is 4.94. The van der Waals surface area contributed by atoms with Crippen LogP contribution in [0.2, 0.25) is 0 Å². The summed E-state index contributed by atoms with van der Waals surface area (Å²) in [7, 11) is -2.18. The van der Waals surface area contributed by atoms with Crippen LogP contribution >= 0.6 is 0 Å². The number of methoxy groups -OCH3 is 1. The highest BCUT2D eigenvalue weighted by Gasteiger charge is 2.14. The van der Waals surface area contributed by atoms with E-state index in [1.165, 1.54) is 24.8 Å². The topological polar surface area (TPSA) is 105 Å². The zero-order valence-corrected chi connectivity index (χ0v) is 19.8. The second-order valence-electron chi connectivity index (χ2n) is 7.69. The van der Waals surface area contributed by atoms with Crippen molar-refractivity contribution in [2.24, 2.45) is 0 Å². The molecule has 0 amide bonds. The molecule has 0 bridgehead atoms. The first-order chi connectivity index (χ1) is 16.3. The molecule has 0 unspecified atom stereocenters. The number of benzene rings is 3. The number of hydrogen-bond acceptors (Lipinski definition) is 7. The number of sulfonamides is 1. The predicted molar refractivity (Wildman–Crippen MR) is 135 cm³/mol. The molecule has 174 valence electrons. The van der Waals surface area contributed by atoms with Gasteiger partial charge in [0.15, 0.2) is 0 Å². The zero-order valence-electron chi connectivity index (χ0n) is 19.0. The summed E-state index contributed by atoms with van der Waals surface area (Å²) in [6.07, 6.45) is 0. The Bertz CT molecular complexity index is 1370. The average Bonchev–Trinajstić information content (AvgIpc) is 2.81. The Labute approximate surface area is 199 Å². The van der Waals surface area contributed by atoms with Crippen molar-refractivity contribution in [1.82, 2.24) is 9.97 Å². The van der Waals surface area contributed by atoms with E-state index in [1.807, 2.05) is 44.2 Å². The van der Waals surface area contributed by atoms with E-state index in [4.69, 9.17) is 4.74 Å². The van der Waals surface area contributed by atoms with Gasteiger partial charge in [-0.3, -0.25) is 4.72 Å². The molecular weight excluding hydrogens is 450 g/mol. The van der Waals surface area contributed by atoms with Crippen LogP contribution in [-0.2, 0) is 10.0 Å². The lowest BCUT2D eigenvalue weighted by molar-refractivity contribution is 0.414. The maximum Gasteiger partial charge on any atom is 0.261 e. The minimum absolute atomic E-state index is 0.150. The predicted octanol–water partition coefficient (Wildman–Crippen LogP) is 5.39. The monoisotopic (exact) mass is 475 g/mol. The van der Waals surface area contributed by atoms with Crippen molar-refractivity contribution >= 4 is 38.9 Å². The van der Waals surface area contributed by atoms with Crippen molar-refractivity contribution in [3.8, 4) is 5.75 Å². The van der Waals surface area contributed by atoms with E-state index in [0.29, 0.717) is 23.2 Å². The van der Waals surface area contributed by atoms with Gasteiger partial charge in [0.1, 0.15) is 11.6 Å². The Morgan fingerprint density at radius 1 is 0.735 bits per heavy atom. The van der Waals surface area contributed by atoms with Crippen LogP contribution in [0, 0.1) is 13.8 Å². The van der Waals surface area contributed by atoms with Crippen molar-refractivity contribution in [3.63, 3.8) is 0 Å². The molecule has 34 heavy (non-hydrogen) atoms. The number of nitrogens with one attached hydrogen (secondary N) is 3. The third-order valence-corrected chi connectivity index (χ3v) is 6.34. The van der Waals surface area contributed by atoms with Gasteiger partial charge in [0.25, 0.3) is 10.0 Å². The number of nitrogens with zero attached hydrogens (tertiary/aromatic N) is 2. The van der Waals surface area contributed by atoms with Crippen LogP contribution in [0.3, 0.4) is 0 Å². The normalized spacial score (nSPS) is 11.0. The van der Waals surface area contributed by atoms with Gasteiger partial charge in [-0.15, -0.1) is 0 Å². The van der Waals surface area contributed by atoms with Gasteiger partial charge in [-0.05, 0) is 74.5 Å². The van der Waals surface area contributed by atoms with Gasteiger partial charge in [-0.25, -0.2) is 13.4 Å². The summed E-state index contributed by atoms with van der Waals surface area (Å²) in [4.78, 5) is 9.11. The van der Waals surface area contributed by atoms with Crippen LogP contribution in [0.1, 0.15) is 11.3 Å². The van der Waals surface area contributed by atoms with E-state index in [-0.39, 0.29) is 4.90 Å². The zero-order chi connectivity index (χ0) is 24.1. The summed E-state index contributed by atoms with van der Waals surface area (Å²) < 4.78 is 32.9. The van der Waals surface area contributed by atoms with Crippen molar-refractivity contribution < 1.29 is 13.2 Å². The molecule has 0 aliphatic heterocycles. The fraction of sp³-hybridized carbons (Fsp3) is 0.120. The molecule has 0 aliphatic carbocycles. The second kappa shape index (κ2) is 9.80. The van der Waals surface area contributed by atoms with Crippen LogP contribution in [0.25, 0.3) is 0 Å². The summed E-state index contributed by atoms with van der Waals surface area (Å²) in [5.41, 5.74) is 4.08. The Morgan fingerprint density at radius 3 is 1.97 bits per heavy atom. The van der Waals surface area contributed by atoms with E-state index in [1.54, 1.807) is 36.4 Å². The molecule has 3 aromatic carbocycles. The van der Waals surface area contributed by atoms with E-state index in [9.17, 15) is 8.42 Å². The standard InChI is InChI=1S/C25H25N5O3S/c1-17-4-6-19(7-5-17)27-24-16-18(2)26-25(29-24)28-20-8-10-21(11-9-20)30-34(31,32)23-14-12-22(33-3)13-15-23/h4-16,30H,1-3H3,(H2,26,27,28,29). The van der Waals surface area contributed by atoms with Gasteiger partial charge < -0.3 is 15.4 Å². The lowest BCUT2D eigenvalue weighted by atomic mass is 10.2. The molecular formula is C25H25N5O3S. The maximum atomic E-state index is 12.6. The molecule has 0 saturated heterocycles. The first-order valence-corrected chi connectivity index (χ1v) is 12.0. The quantitative estimate of drug-likeness (QED) is 0.314. The average molecular weight is 476 g/mol. The fourth-order valence-corrected chi connectivity index (χ4v) is 4.25. The summed E-state index contributed by atoms with van der Waals surface area (Å²) in [6.45, 7) is 3.93. The Kier molecular flexibility index (Phi) is 6.65. The molecule has 9 heteroatoms. The molecule has 4 aromatic rings. The van der Waals surface area contributed by atoms with Gasteiger partial charge in [-0.1, -0.05) is 17.7 Å². The molecule has 0 atom stereocenters. The Hall–Kier alpha value is -4.11. The van der Waals surface area contributed by atoms with Crippen molar-refractivity contribution in [2.75, 3.05) is 22.5 Å². The van der Waals surface area contributed by atoms with Gasteiger partial charge in [0, 0.05) is 28.8 Å². The molecule has 0 aliphatic rings. The van der Waals surface area contributed by atoms with E-state index >= 15 is 0 Å². The molecule has 0 spiro atoms. The second-order valence-corrected chi connectivity index (χ2v) is 9.37. The number of ether oxygens (including phenoxy) is 1. The van der Waals surface area contributed by atoms with Crippen molar-refractivity contribution in [1.29, 1.82) is 0 Å². The van der Waals surface area contributed by atoms with Gasteiger partial charge >= 0.3 is 0 Å². The molecule has 0 saturated carbocycles. The van der Waals surface area contributed by atoms with Crippen LogP contribution in [0.5, 0.6) is 5.75 Å². The number of hydrogen-bond donors (Lipinski definition) is 3. The van der Waals surface area contributed by atoms with Crippen molar-refractivity contribution in [2.45, 2.75) is 18.7 Å². The van der Waals surface area contributed by atoms with Gasteiger partial charge in [0.05, 0.1) is 12.0 Å². The lowest BCUT2D eigenvalue weighted by Crippen LogP contribution is -2.12. The largest absolute Gasteiger partial charge is 0.497 e. The number of rotatable bonds is 8. The van der Waals surface area contributed by atoms with E-state index in [2.05, 4.69) is 25.3 Å². The highest BCUT2D eigenvalue weighted by Crippen LogP contribution is 2.23. The van der Waals surface area contributed by atoms with Gasteiger partial charge in [0.2, 0.25) is 5.95 Å². The smallest absolute Gasteiger partial charge is 0.261 e. The van der Waals surface area contributed by atoms with Crippen LogP contribution in [0.4, 0.5) is 28.8 Å². The third kappa shape index (κ3) is 5.81. The molecule has 1 heterocycles. The first-order valence-electron chi connectivity index (χ1n) is 10.5. The summed E-state index contributed by atoms with van der Waals surface area (Å²) >= 11 is 0. The summed E-state index contributed by atoms with van der Waals surface area (Å²) in [5, 5.41) is 6.44. The summed E-state index contributed by atoms with van der Waals surface area (Å²) in [6, 6.07) is 22.9. The molecule has 0 radical (unpaired) electrons. The van der Waals surface area contributed by atoms with Crippen LogP contribution < -0.4 is 20.1 Å². The summed E-state index contributed by atoms with van der Waals surface area (Å²) in [5.74, 6) is 1.69. The van der Waals surface area contributed by atoms with Crippen LogP contribution in [0.15, 0.2) is 83.8 Å². The number of aromatic nitrogens is 2. The minimum atomic E-state index is -3.71. The molecule has 4 rings (SSSR count). The maximum absolute atomic E-state index is 12.6. The van der Waals surface area contributed by atoms with Gasteiger partial charge in [-0.2, -0.15) is 4.98 Å². The lowest BCUT2D eigenvalue weighted by Gasteiger charge is -2.12. The highest BCUT2D eigenvalue weighted by molar-refractivity contribution is 7.92. The SMILES string of the molecule is COc1ccc(S(=O)(=O)Nc2ccc(Nc3nc(C)cc(Nc4ccc(C)cc4)n3)cc2)cc1. The Morgan fingerprint density at radius 2 is 1.32 bits per heavy atom. The number of anilines is 5. The van der Waals surface area contributed by atoms with Crippen LogP contribution in [-0.4, -0.2) is 25.5 Å². The minimum Gasteiger partial charge on any atom is -0.497 e. The number of aryl methyl sites for hydroxylation is 2. The first kappa shape index (κ1) is 23.1. The fourth-order valence-electron chi connectivity index (χ4n) is 3.19. The van der Waals surface area contributed by atoms with E-state index < -0.39 is 10.0 Å². The van der Waals surface area contributed by atoms with Crippen molar-refractivity contribution in [3.05, 3.63) is 90.1 Å². The Balaban J connectivity index is 1.45. The van der Waals surface area contributed by atoms with E-state index in [0.717, 1.165) is 17.1 Å². The molecule has 3 N–H and O–H groups in total. The molecule has 1 aromatic heterocycles. The molecule has 8 nitrogen and oxygen atoms in total.